The Morgan fingerprint density at radius 3 is 2.23 bits per heavy atom. The van der Waals surface area contributed by atoms with Crippen LogP contribution >= 0.6 is 0 Å². The van der Waals surface area contributed by atoms with Gasteiger partial charge in [0.1, 0.15) is 11.5 Å². The first-order valence-corrected chi connectivity index (χ1v) is 8.66. The van der Waals surface area contributed by atoms with E-state index in [1.807, 2.05) is 30.1 Å². The molecule has 0 spiro atoms. The van der Waals surface area contributed by atoms with Gasteiger partial charge in [-0.05, 0) is 5.56 Å². The molecule has 1 saturated heterocycles. The van der Waals surface area contributed by atoms with Crippen LogP contribution in [0.15, 0.2) is 42.7 Å². The summed E-state index contributed by atoms with van der Waals surface area (Å²) in [7, 11) is 1.94. The number of benzene rings is 1. The molecule has 1 aliphatic heterocycles. The highest BCUT2D eigenvalue weighted by Gasteiger charge is 2.24. The molecule has 7 nitrogen and oxygen atoms in total. The minimum absolute atomic E-state index is 0.0442. The van der Waals surface area contributed by atoms with E-state index in [0.29, 0.717) is 37.7 Å². The fraction of sp³-hybridized carbons (Fsp3) is 0.368. The molecule has 0 radical (unpaired) electrons. The molecule has 0 unspecified atom stereocenters. The number of carbonyl (C=O) groups is 2. The Morgan fingerprint density at radius 1 is 1.00 bits per heavy atom. The van der Waals surface area contributed by atoms with E-state index in [-0.39, 0.29) is 11.8 Å². The summed E-state index contributed by atoms with van der Waals surface area (Å²) < 4.78 is 0. The number of anilines is 1. The molecule has 7 heteroatoms. The van der Waals surface area contributed by atoms with Gasteiger partial charge >= 0.3 is 0 Å². The number of hydrogen-bond acceptors (Lipinski definition) is 5. The van der Waals surface area contributed by atoms with Gasteiger partial charge in [0.2, 0.25) is 5.91 Å². The molecule has 0 N–H and O–H groups in total. The Labute approximate surface area is 153 Å². The molecule has 26 heavy (non-hydrogen) atoms. The van der Waals surface area contributed by atoms with Crippen molar-refractivity contribution in [3.05, 3.63) is 54.0 Å². The number of carbonyl (C=O) groups excluding carboxylic acids is 2. The van der Waals surface area contributed by atoms with Gasteiger partial charge in [-0.1, -0.05) is 30.3 Å². The monoisotopic (exact) mass is 353 g/mol. The highest BCUT2D eigenvalue weighted by Crippen LogP contribution is 2.13. The van der Waals surface area contributed by atoms with Crippen molar-refractivity contribution in [3.63, 3.8) is 0 Å². The van der Waals surface area contributed by atoms with E-state index in [0.717, 1.165) is 6.54 Å². The predicted molar refractivity (Wildman–Crippen MR) is 98.7 cm³/mol. The normalized spacial score (nSPS) is 14.2. The summed E-state index contributed by atoms with van der Waals surface area (Å²) in [4.78, 5) is 38.1. The van der Waals surface area contributed by atoms with Crippen LogP contribution in [-0.4, -0.2) is 64.8 Å². The number of nitrogens with zero attached hydrogens (tertiary/aromatic N) is 5. The topological polar surface area (TPSA) is 69.6 Å². The van der Waals surface area contributed by atoms with Gasteiger partial charge in [0.05, 0.1) is 12.4 Å². The number of amides is 2. The van der Waals surface area contributed by atoms with Gasteiger partial charge in [0.15, 0.2) is 0 Å². The van der Waals surface area contributed by atoms with Crippen molar-refractivity contribution < 1.29 is 9.59 Å². The van der Waals surface area contributed by atoms with Gasteiger partial charge in [-0.3, -0.25) is 9.59 Å². The third-order valence-electron chi connectivity index (χ3n) is 4.52. The van der Waals surface area contributed by atoms with E-state index < -0.39 is 0 Å². The third kappa shape index (κ3) is 4.17. The summed E-state index contributed by atoms with van der Waals surface area (Å²) in [5.41, 5.74) is 1.51. The molecule has 3 rings (SSSR count). The van der Waals surface area contributed by atoms with E-state index >= 15 is 0 Å². The summed E-state index contributed by atoms with van der Waals surface area (Å²) in [6, 6.07) is 10.1. The fourth-order valence-electron chi connectivity index (χ4n) is 2.95. The Balaban J connectivity index is 1.60. The molecular weight excluding hydrogens is 330 g/mol. The maximum atomic E-state index is 12.6. The summed E-state index contributed by atoms with van der Waals surface area (Å²) >= 11 is 0. The summed E-state index contributed by atoms with van der Waals surface area (Å²) in [6.07, 6.45) is 3.15. The zero-order valence-corrected chi connectivity index (χ0v) is 15.1. The van der Waals surface area contributed by atoms with Crippen molar-refractivity contribution in [2.45, 2.75) is 13.5 Å². The minimum atomic E-state index is -0.141. The van der Waals surface area contributed by atoms with Crippen molar-refractivity contribution in [1.29, 1.82) is 0 Å². The highest BCUT2D eigenvalue weighted by atomic mass is 16.2. The zero-order valence-electron chi connectivity index (χ0n) is 15.1. The van der Waals surface area contributed by atoms with E-state index in [9.17, 15) is 9.59 Å². The maximum absolute atomic E-state index is 12.6. The lowest BCUT2D eigenvalue weighted by Gasteiger charge is -2.34. The van der Waals surface area contributed by atoms with E-state index in [1.165, 1.54) is 11.8 Å². The average molecular weight is 353 g/mol. The second kappa shape index (κ2) is 7.95. The molecule has 0 aliphatic carbocycles. The van der Waals surface area contributed by atoms with Gasteiger partial charge < -0.3 is 14.7 Å². The van der Waals surface area contributed by atoms with Crippen LogP contribution in [0.3, 0.4) is 0 Å². The first-order valence-electron chi connectivity index (χ1n) is 8.66. The molecule has 1 fully saturated rings. The smallest absolute Gasteiger partial charge is 0.274 e. The van der Waals surface area contributed by atoms with Crippen molar-refractivity contribution in [2.75, 3.05) is 38.1 Å². The number of hydrogen-bond donors (Lipinski definition) is 0. The average Bonchev–Trinajstić information content (AvgIpc) is 2.68. The lowest BCUT2D eigenvalue weighted by atomic mass is 10.2. The largest absolute Gasteiger partial charge is 0.354 e. The molecule has 0 bridgehead atoms. The summed E-state index contributed by atoms with van der Waals surface area (Å²) in [5, 5.41) is 0. The number of rotatable bonds is 4. The highest BCUT2D eigenvalue weighted by molar-refractivity contribution is 5.92. The van der Waals surface area contributed by atoms with Crippen molar-refractivity contribution in [2.24, 2.45) is 0 Å². The van der Waals surface area contributed by atoms with Crippen LogP contribution < -0.4 is 4.90 Å². The van der Waals surface area contributed by atoms with Gasteiger partial charge in [-0.15, -0.1) is 0 Å². The first-order chi connectivity index (χ1) is 12.5. The molecule has 2 heterocycles. The van der Waals surface area contributed by atoms with Gasteiger partial charge in [0.25, 0.3) is 5.91 Å². The van der Waals surface area contributed by atoms with Crippen molar-refractivity contribution >= 4 is 17.6 Å². The van der Waals surface area contributed by atoms with Crippen molar-refractivity contribution in [3.8, 4) is 0 Å². The van der Waals surface area contributed by atoms with Crippen LogP contribution in [0.25, 0.3) is 0 Å². The Kier molecular flexibility index (Phi) is 5.46. The standard InChI is InChI=1S/C19H23N5O2/c1-15(25)23-8-10-24(11-9-23)19(26)17-12-21-18(13-20-17)22(2)14-16-6-4-3-5-7-16/h3-7,12-13H,8-11,14H2,1-2H3. The molecule has 1 aromatic carbocycles. The molecule has 0 atom stereocenters. The molecule has 1 aliphatic rings. The van der Waals surface area contributed by atoms with E-state index in [2.05, 4.69) is 22.1 Å². The van der Waals surface area contributed by atoms with Gasteiger partial charge in [-0.25, -0.2) is 9.97 Å². The molecule has 2 amide bonds. The van der Waals surface area contributed by atoms with Crippen molar-refractivity contribution in [1.82, 2.24) is 19.8 Å². The van der Waals surface area contributed by atoms with Crippen LogP contribution in [0.2, 0.25) is 0 Å². The first kappa shape index (κ1) is 17.8. The Bertz CT molecular complexity index is 755. The second-order valence-corrected chi connectivity index (χ2v) is 6.40. The summed E-state index contributed by atoms with van der Waals surface area (Å²) in [6.45, 7) is 4.44. The maximum Gasteiger partial charge on any atom is 0.274 e. The Morgan fingerprint density at radius 2 is 1.65 bits per heavy atom. The van der Waals surface area contributed by atoms with Crippen LogP contribution in [0.4, 0.5) is 5.82 Å². The van der Waals surface area contributed by atoms with Crippen LogP contribution in [0.1, 0.15) is 23.0 Å². The van der Waals surface area contributed by atoms with E-state index in [1.54, 1.807) is 22.9 Å². The SMILES string of the molecule is CC(=O)N1CCN(C(=O)c2cnc(N(C)Cc3ccccc3)cn2)CC1. The molecule has 2 aromatic rings. The van der Waals surface area contributed by atoms with Crippen LogP contribution in [-0.2, 0) is 11.3 Å². The lowest BCUT2D eigenvalue weighted by molar-refractivity contribution is -0.130. The number of piperazine rings is 1. The number of aromatic nitrogens is 2. The van der Waals surface area contributed by atoms with E-state index in [4.69, 9.17) is 0 Å². The van der Waals surface area contributed by atoms with Crippen LogP contribution in [0.5, 0.6) is 0 Å². The molecule has 1 aromatic heterocycles. The lowest BCUT2D eigenvalue weighted by Crippen LogP contribution is -2.50. The summed E-state index contributed by atoms with van der Waals surface area (Å²) in [5.74, 6) is 0.618. The van der Waals surface area contributed by atoms with Gasteiger partial charge in [-0.2, -0.15) is 0 Å². The molecule has 0 saturated carbocycles. The third-order valence-corrected chi connectivity index (χ3v) is 4.52. The quantitative estimate of drug-likeness (QED) is 0.831. The van der Waals surface area contributed by atoms with Crippen LogP contribution in [0, 0.1) is 0 Å². The molecular formula is C19H23N5O2. The predicted octanol–water partition coefficient (Wildman–Crippen LogP) is 1.42. The fourth-order valence-corrected chi connectivity index (χ4v) is 2.95. The van der Waals surface area contributed by atoms with Gasteiger partial charge in [0, 0.05) is 46.7 Å². The Hall–Kier alpha value is -2.96. The zero-order chi connectivity index (χ0) is 18.5. The minimum Gasteiger partial charge on any atom is -0.354 e. The molecule has 136 valence electrons. The second-order valence-electron chi connectivity index (χ2n) is 6.40.